The van der Waals surface area contributed by atoms with Crippen LogP contribution >= 0.6 is 0 Å². The molecule has 0 spiro atoms. The van der Waals surface area contributed by atoms with Crippen LogP contribution in [-0.2, 0) is 16.1 Å². The molecule has 9 nitrogen and oxygen atoms in total. The van der Waals surface area contributed by atoms with Gasteiger partial charge in [-0.25, -0.2) is 0 Å². The lowest BCUT2D eigenvalue weighted by molar-refractivity contribution is -0.136. The highest BCUT2D eigenvalue weighted by Crippen LogP contribution is 2.29. The molecular weight excluding hydrogens is 386 g/mol. The molecule has 0 aliphatic carbocycles. The van der Waals surface area contributed by atoms with E-state index in [2.05, 4.69) is 15.6 Å². The molecular formula is C21H21N5O4. The normalized spacial score (nSPS) is 19.6. The molecule has 2 aromatic rings. The molecule has 1 saturated heterocycles. The van der Waals surface area contributed by atoms with Crippen LogP contribution in [-0.4, -0.2) is 46.1 Å². The summed E-state index contributed by atoms with van der Waals surface area (Å²) in [6, 6.07) is 9.25. The van der Waals surface area contributed by atoms with E-state index in [4.69, 9.17) is 5.73 Å². The number of carbonyl (C=O) groups is 4. The molecule has 30 heavy (non-hydrogen) atoms. The Morgan fingerprint density at radius 1 is 1.13 bits per heavy atom. The summed E-state index contributed by atoms with van der Waals surface area (Å²) in [6.07, 6.45) is 1.89. The fraction of sp³-hybridized carbons (Fsp3) is 0.286. The Labute approximate surface area is 172 Å². The maximum atomic E-state index is 13.1. The number of nitrogens with one attached hydrogen (secondary N) is 2. The second kappa shape index (κ2) is 8.13. The molecule has 2 aliphatic heterocycles. The molecule has 4 rings (SSSR count). The molecule has 4 amide bonds. The Hall–Kier alpha value is -3.43. The minimum atomic E-state index is -0.978. The second-order valence-electron chi connectivity index (χ2n) is 7.28. The van der Waals surface area contributed by atoms with E-state index < -0.39 is 29.7 Å². The monoisotopic (exact) mass is 407 g/mol. The highest BCUT2D eigenvalue weighted by molar-refractivity contribution is 6.24. The molecule has 3 heterocycles. The van der Waals surface area contributed by atoms with Crippen LogP contribution in [0, 0.1) is 0 Å². The van der Waals surface area contributed by atoms with Crippen LogP contribution in [0.1, 0.15) is 50.9 Å². The number of imide groups is 2. The molecule has 2 aliphatic rings. The Kier molecular flexibility index (Phi) is 5.39. The van der Waals surface area contributed by atoms with Crippen LogP contribution in [0.15, 0.2) is 42.6 Å². The number of benzene rings is 1. The number of hydrogen-bond donors (Lipinski definition) is 3. The molecule has 2 atom stereocenters. The molecule has 2 unspecified atom stereocenters. The zero-order chi connectivity index (χ0) is 21.3. The number of piperidine rings is 1. The Morgan fingerprint density at radius 2 is 1.97 bits per heavy atom. The lowest BCUT2D eigenvalue weighted by Crippen LogP contribution is -2.54. The molecule has 154 valence electrons. The molecule has 4 N–H and O–H groups in total. The Balaban J connectivity index is 1.49. The largest absolute Gasteiger partial charge is 0.322 e. The molecule has 0 radical (unpaired) electrons. The van der Waals surface area contributed by atoms with E-state index in [0.29, 0.717) is 18.7 Å². The predicted molar refractivity (Wildman–Crippen MR) is 106 cm³/mol. The quantitative estimate of drug-likeness (QED) is 0.585. The molecule has 0 saturated carbocycles. The van der Waals surface area contributed by atoms with Crippen LogP contribution in [0.25, 0.3) is 0 Å². The third kappa shape index (κ3) is 3.60. The van der Waals surface area contributed by atoms with Crippen molar-refractivity contribution in [3.63, 3.8) is 0 Å². The average Bonchev–Trinajstić information content (AvgIpc) is 3.00. The minimum Gasteiger partial charge on any atom is -0.322 e. The molecule has 9 heteroatoms. The van der Waals surface area contributed by atoms with Crippen LogP contribution in [0.3, 0.4) is 0 Å². The lowest BCUT2D eigenvalue weighted by atomic mass is 10.0. The summed E-state index contributed by atoms with van der Waals surface area (Å²) in [4.78, 5) is 54.7. The first-order valence-electron chi connectivity index (χ1n) is 9.68. The van der Waals surface area contributed by atoms with Gasteiger partial charge in [0.05, 0.1) is 22.9 Å². The maximum absolute atomic E-state index is 13.1. The number of aromatic nitrogens is 1. The van der Waals surface area contributed by atoms with Crippen molar-refractivity contribution in [2.75, 3.05) is 6.54 Å². The fourth-order valence-electron chi connectivity index (χ4n) is 3.79. The van der Waals surface area contributed by atoms with E-state index in [0.717, 1.165) is 10.6 Å². The minimum absolute atomic E-state index is 0.0869. The number of nitrogens with zero attached hydrogens (tertiary/aromatic N) is 2. The Morgan fingerprint density at radius 3 is 2.70 bits per heavy atom. The van der Waals surface area contributed by atoms with Crippen molar-refractivity contribution in [2.24, 2.45) is 5.73 Å². The number of pyridine rings is 1. The van der Waals surface area contributed by atoms with Gasteiger partial charge in [-0.3, -0.25) is 34.4 Å². The van der Waals surface area contributed by atoms with Gasteiger partial charge in [-0.05, 0) is 30.2 Å². The summed E-state index contributed by atoms with van der Waals surface area (Å²) in [5, 5.41) is 5.40. The first-order chi connectivity index (χ1) is 14.5. The van der Waals surface area contributed by atoms with E-state index in [-0.39, 0.29) is 30.0 Å². The van der Waals surface area contributed by atoms with Crippen molar-refractivity contribution in [1.82, 2.24) is 20.5 Å². The highest BCUT2D eigenvalue weighted by Gasteiger charge is 2.45. The average molecular weight is 407 g/mol. The second-order valence-corrected chi connectivity index (χ2v) is 7.28. The zero-order valence-electron chi connectivity index (χ0n) is 16.1. The van der Waals surface area contributed by atoms with Crippen LogP contribution < -0.4 is 16.4 Å². The van der Waals surface area contributed by atoms with Crippen LogP contribution in [0.4, 0.5) is 0 Å². The standard InChI is InChI=1S/C21H21N5O4/c22-14(15-6-1-2-9-24-15)11-23-10-12-4-3-5-13-18(12)21(30)26(20(13)29)16-7-8-17(27)25-19(16)28/h1-6,9,14,16,23H,7-8,10-11,22H2,(H,25,27,28). The smallest absolute Gasteiger partial charge is 0.262 e. The topological polar surface area (TPSA) is 134 Å². The number of hydrogen-bond acceptors (Lipinski definition) is 7. The van der Waals surface area contributed by atoms with Crippen molar-refractivity contribution >= 4 is 23.6 Å². The van der Waals surface area contributed by atoms with E-state index in [9.17, 15) is 19.2 Å². The summed E-state index contributed by atoms with van der Waals surface area (Å²) in [6.45, 7) is 0.756. The Bertz CT molecular complexity index is 1020. The predicted octanol–water partition coefficient (Wildman–Crippen LogP) is 0.272. The summed E-state index contributed by atoms with van der Waals surface area (Å²) in [5.41, 5.74) is 8.08. The SMILES string of the molecule is NC(CNCc1cccc2c1C(=O)N(C1CCC(=O)NC1=O)C2=O)c1ccccn1. The third-order valence-electron chi connectivity index (χ3n) is 5.30. The van der Waals surface area contributed by atoms with Gasteiger partial charge in [-0.1, -0.05) is 18.2 Å². The van der Waals surface area contributed by atoms with E-state index in [1.807, 2.05) is 18.2 Å². The number of rotatable bonds is 6. The third-order valence-corrected chi connectivity index (χ3v) is 5.30. The van der Waals surface area contributed by atoms with E-state index in [1.54, 1.807) is 24.4 Å². The van der Waals surface area contributed by atoms with Gasteiger partial charge >= 0.3 is 0 Å². The van der Waals surface area contributed by atoms with Gasteiger partial charge in [0.15, 0.2) is 0 Å². The van der Waals surface area contributed by atoms with Gasteiger partial charge in [0.25, 0.3) is 11.8 Å². The van der Waals surface area contributed by atoms with Gasteiger partial charge in [0, 0.05) is 25.7 Å². The molecule has 1 fully saturated rings. The molecule has 0 bridgehead atoms. The van der Waals surface area contributed by atoms with Gasteiger partial charge in [0.2, 0.25) is 11.8 Å². The van der Waals surface area contributed by atoms with Gasteiger partial charge in [-0.2, -0.15) is 0 Å². The van der Waals surface area contributed by atoms with E-state index >= 15 is 0 Å². The first-order valence-corrected chi connectivity index (χ1v) is 9.68. The van der Waals surface area contributed by atoms with Crippen molar-refractivity contribution in [3.05, 3.63) is 65.0 Å². The van der Waals surface area contributed by atoms with Gasteiger partial charge in [0.1, 0.15) is 6.04 Å². The number of amides is 4. The van der Waals surface area contributed by atoms with Crippen molar-refractivity contribution in [2.45, 2.75) is 31.5 Å². The lowest BCUT2D eigenvalue weighted by Gasteiger charge is -2.27. The summed E-state index contributed by atoms with van der Waals surface area (Å²) >= 11 is 0. The van der Waals surface area contributed by atoms with Crippen LogP contribution in [0.5, 0.6) is 0 Å². The van der Waals surface area contributed by atoms with Crippen molar-refractivity contribution < 1.29 is 19.2 Å². The number of carbonyl (C=O) groups excluding carboxylic acids is 4. The molecule has 1 aromatic carbocycles. The molecule has 1 aromatic heterocycles. The van der Waals surface area contributed by atoms with Crippen molar-refractivity contribution in [1.29, 1.82) is 0 Å². The first kappa shape index (κ1) is 19.9. The van der Waals surface area contributed by atoms with Crippen LogP contribution in [0.2, 0.25) is 0 Å². The summed E-state index contributed by atoms with van der Waals surface area (Å²) in [5.74, 6) is -2.06. The number of nitrogens with two attached hydrogens (primary N) is 1. The fourth-order valence-corrected chi connectivity index (χ4v) is 3.79. The van der Waals surface area contributed by atoms with Gasteiger partial charge < -0.3 is 11.1 Å². The van der Waals surface area contributed by atoms with E-state index in [1.165, 1.54) is 0 Å². The van der Waals surface area contributed by atoms with Gasteiger partial charge in [-0.15, -0.1) is 0 Å². The summed E-state index contributed by atoms with van der Waals surface area (Å²) < 4.78 is 0. The maximum Gasteiger partial charge on any atom is 0.262 e. The summed E-state index contributed by atoms with van der Waals surface area (Å²) in [7, 11) is 0. The zero-order valence-corrected chi connectivity index (χ0v) is 16.1. The van der Waals surface area contributed by atoms with Crippen molar-refractivity contribution in [3.8, 4) is 0 Å². The highest BCUT2D eigenvalue weighted by atomic mass is 16.2. The number of fused-ring (bicyclic) bond motifs is 1.